The lowest BCUT2D eigenvalue weighted by atomic mass is 10.1. The lowest BCUT2D eigenvalue weighted by Crippen LogP contribution is -2.18. The maximum Gasteiger partial charge on any atom is 0.225 e. The van der Waals surface area contributed by atoms with Gasteiger partial charge < -0.3 is 19.6 Å². The van der Waals surface area contributed by atoms with Crippen LogP contribution in [-0.2, 0) is 16.1 Å². The Kier molecular flexibility index (Phi) is 6.19. The molecular formula is C22H30N4O2. The summed E-state index contributed by atoms with van der Waals surface area (Å²) in [6.45, 7) is 9.73. The molecule has 0 spiro atoms. The minimum Gasteiger partial charge on any atom is -0.385 e. The van der Waals surface area contributed by atoms with E-state index in [1.807, 2.05) is 38.1 Å². The van der Waals surface area contributed by atoms with Gasteiger partial charge in [0.25, 0.3) is 0 Å². The molecule has 2 aromatic heterocycles. The van der Waals surface area contributed by atoms with E-state index in [9.17, 15) is 4.79 Å². The van der Waals surface area contributed by atoms with E-state index in [0.29, 0.717) is 18.9 Å². The molecule has 6 heteroatoms. The SMILES string of the molecule is COCCCn1c(C)c(C)c(-c2nc3ccccc3[nH]2)c1NC(=O)CC(C)C. The molecular weight excluding hydrogens is 352 g/mol. The van der Waals surface area contributed by atoms with Gasteiger partial charge in [0, 0.05) is 32.4 Å². The number of para-hydroxylation sites is 2. The first kappa shape index (κ1) is 20.1. The van der Waals surface area contributed by atoms with Gasteiger partial charge >= 0.3 is 0 Å². The number of nitrogens with zero attached hydrogens (tertiary/aromatic N) is 2. The smallest absolute Gasteiger partial charge is 0.225 e. The fraction of sp³-hybridized carbons (Fsp3) is 0.455. The summed E-state index contributed by atoms with van der Waals surface area (Å²) < 4.78 is 7.40. The highest BCUT2D eigenvalue weighted by molar-refractivity contribution is 5.96. The summed E-state index contributed by atoms with van der Waals surface area (Å²) in [6, 6.07) is 7.97. The van der Waals surface area contributed by atoms with Crippen LogP contribution in [0.15, 0.2) is 24.3 Å². The summed E-state index contributed by atoms with van der Waals surface area (Å²) in [4.78, 5) is 20.8. The van der Waals surface area contributed by atoms with Gasteiger partial charge in [0.2, 0.25) is 5.91 Å². The summed E-state index contributed by atoms with van der Waals surface area (Å²) in [7, 11) is 1.71. The van der Waals surface area contributed by atoms with E-state index >= 15 is 0 Å². The van der Waals surface area contributed by atoms with Crippen LogP contribution in [-0.4, -0.2) is 34.2 Å². The van der Waals surface area contributed by atoms with Crippen molar-refractivity contribution in [1.82, 2.24) is 14.5 Å². The number of fused-ring (bicyclic) bond motifs is 1. The van der Waals surface area contributed by atoms with Gasteiger partial charge in [0.1, 0.15) is 11.6 Å². The van der Waals surface area contributed by atoms with E-state index in [1.165, 1.54) is 0 Å². The molecule has 1 amide bonds. The largest absolute Gasteiger partial charge is 0.385 e. The van der Waals surface area contributed by atoms with Crippen LogP contribution in [0.3, 0.4) is 0 Å². The number of hydrogen-bond donors (Lipinski definition) is 2. The second kappa shape index (κ2) is 8.61. The average molecular weight is 383 g/mol. The highest BCUT2D eigenvalue weighted by Crippen LogP contribution is 2.36. The molecule has 3 rings (SSSR count). The number of carbonyl (C=O) groups excluding carboxylic acids is 1. The van der Waals surface area contributed by atoms with Gasteiger partial charge in [-0.15, -0.1) is 0 Å². The Morgan fingerprint density at radius 3 is 2.71 bits per heavy atom. The standard InChI is InChI=1S/C22H30N4O2/c1-14(2)13-19(27)25-22-20(15(3)16(4)26(22)11-8-12-28-5)21-23-17-9-6-7-10-18(17)24-21/h6-7,9-10,14H,8,11-13H2,1-5H3,(H,23,24)(H,25,27). The Labute approximate surface area is 166 Å². The second-order valence-corrected chi connectivity index (χ2v) is 7.68. The molecule has 6 nitrogen and oxygen atoms in total. The quantitative estimate of drug-likeness (QED) is 0.556. The van der Waals surface area contributed by atoms with Crippen molar-refractivity contribution in [1.29, 1.82) is 0 Å². The predicted molar refractivity (Wildman–Crippen MR) is 114 cm³/mol. The fourth-order valence-electron chi connectivity index (χ4n) is 3.55. The minimum atomic E-state index is 0.0258. The molecule has 0 radical (unpaired) electrons. The number of ether oxygens (including phenoxy) is 1. The molecule has 28 heavy (non-hydrogen) atoms. The molecule has 2 heterocycles. The van der Waals surface area contributed by atoms with Gasteiger partial charge in [-0.2, -0.15) is 0 Å². The number of rotatable bonds is 8. The Hall–Kier alpha value is -2.60. The first-order chi connectivity index (χ1) is 13.4. The van der Waals surface area contributed by atoms with Crippen LogP contribution >= 0.6 is 0 Å². The molecule has 0 atom stereocenters. The number of imidazole rings is 1. The maximum absolute atomic E-state index is 12.6. The average Bonchev–Trinajstić information content (AvgIpc) is 3.15. The van der Waals surface area contributed by atoms with Crippen LogP contribution in [0.2, 0.25) is 0 Å². The predicted octanol–water partition coefficient (Wildman–Crippen LogP) is 4.67. The molecule has 3 aromatic rings. The summed E-state index contributed by atoms with van der Waals surface area (Å²) in [5.41, 5.74) is 5.12. The van der Waals surface area contributed by atoms with Crippen molar-refractivity contribution in [2.24, 2.45) is 5.92 Å². The Morgan fingerprint density at radius 2 is 2.04 bits per heavy atom. The molecule has 150 valence electrons. The maximum atomic E-state index is 12.6. The van der Waals surface area contributed by atoms with Crippen molar-refractivity contribution in [3.05, 3.63) is 35.5 Å². The van der Waals surface area contributed by atoms with Crippen molar-refractivity contribution in [3.8, 4) is 11.4 Å². The fourth-order valence-corrected chi connectivity index (χ4v) is 3.55. The Balaban J connectivity index is 2.08. The van der Waals surface area contributed by atoms with Crippen LogP contribution in [0.25, 0.3) is 22.4 Å². The molecule has 1 aromatic carbocycles. The molecule has 2 N–H and O–H groups in total. The summed E-state index contributed by atoms with van der Waals surface area (Å²) >= 11 is 0. The Bertz CT molecular complexity index is 935. The third-order valence-electron chi connectivity index (χ3n) is 5.04. The van der Waals surface area contributed by atoms with Gasteiger partial charge in [0.05, 0.1) is 16.6 Å². The van der Waals surface area contributed by atoms with Gasteiger partial charge in [-0.25, -0.2) is 4.98 Å². The first-order valence-electron chi connectivity index (χ1n) is 9.86. The van der Waals surface area contributed by atoms with Gasteiger partial charge in [-0.05, 0) is 43.9 Å². The third-order valence-corrected chi connectivity index (χ3v) is 5.04. The van der Waals surface area contributed by atoms with Crippen molar-refractivity contribution in [2.45, 2.75) is 47.1 Å². The number of benzene rings is 1. The van der Waals surface area contributed by atoms with Gasteiger partial charge in [0.15, 0.2) is 0 Å². The number of hydrogen-bond acceptors (Lipinski definition) is 3. The van der Waals surface area contributed by atoms with Crippen LogP contribution in [0, 0.1) is 19.8 Å². The number of carbonyl (C=O) groups is 1. The van der Waals surface area contributed by atoms with E-state index in [-0.39, 0.29) is 5.91 Å². The van der Waals surface area contributed by atoms with Crippen LogP contribution in [0.1, 0.15) is 37.9 Å². The van der Waals surface area contributed by atoms with Crippen LogP contribution in [0.5, 0.6) is 0 Å². The molecule has 0 aliphatic rings. The van der Waals surface area contributed by atoms with E-state index in [0.717, 1.165) is 52.5 Å². The van der Waals surface area contributed by atoms with E-state index < -0.39 is 0 Å². The topological polar surface area (TPSA) is 71.9 Å². The number of aromatic nitrogens is 3. The summed E-state index contributed by atoms with van der Waals surface area (Å²) in [6.07, 6.45) is 1.36. The zero-order valence-electron chi connectivity index (χ0n) is 17.4. The van der Waals surface area contributed by atoms with Crippen molar-refractivity contribution < 1.29 is 9.53 Å². The van der Waals surface area contributed by atoms with E-state index in [2.05, 4.69) is 28.7 Å². The molecule has 0 unspecified atom stereocenters. The zero-order valence-corrected chi connectivity index (χ0v) is 17.4. The van der Waals surface area contributed by atoms with E-state index in [1.54, 1.807) is 7.11 Å². The highest BCUT2D eigenvalue weighted by atomic mass is 16.5. The Morgan fingerprint density at radius 1 is 1.29 bits per heavy atom. The van der Waals surface area contributed by atoms with Crippen LogP contribution in [0.4, 0.5) is 5.82 Å². The zero-order chi connectivity index (χ0) is 20.3. The number of H-pyrrole nitrogens is 1. The second-order valence-electron chi connectivity index (χ2n) is 7.68. The molecule has 0 aliphatic carbocycles. The molecule has 0 saturated carbocycles. The molecule has 0 fully saturated rings. The van der Waals surface area contributed by atoms with Crippen molar-refractivity contribution >= 4 is 22.8 Å². The van der Waals surface area contributed by atoms with Crippen molar-refractivity contribution in [3.63, 3.8) is 0 Å². The van der Waals surface area contributed by atoms with Crippen molar-refractivity contribution in [2.75, 3.05) is 19.0 Å². The summed E-state index contributed by atoms with van der Waals surface area (Å²) in [5, 5.41) is 3.17. The molecule has 0 aliphatic heterocycles. The van der Waals surface area contributed by atoms with E-state index in [4.69, 9.17) is 9.72 Å². The monoisotopic (exact) mass is 382 g/mol. The highest BCUT2D eigenvalue weighted by Gasteiger charge is 2.23. The number of anilines is 1. The van der Waals surface area contributed by atoms with Gasteiger partial charge in [-0.3, -0.25) is 4.79 Å². The number of aromatic amines is 1. The number of amides is 1. The molecule has 0 bridgehead atoms. The number of methoxy groups -OCH3 is 1. The lowest BCUT2D eigenvalue weighted by Gasteiger charge is -2.14. The third kappa shape index (κ3) is 4.12. The first-order valence-corrected chi connectivity index (χ1v) is 9.86. The number of nitrogens with one attached hydrogen (secondary N) is 2. The molecule has 0 saturated heterocycles. The van der Waals surface area contributed by atoms with Crippen LogP contribution < -0.4 is 5.32 Å². The lowest BCUT2D eigenvalue weighted by molar-refractivity contribution is -0.116. The summed E-state index contributed by atoms with van der Waals surface area (Å²) in [5.74, 6) is 1.93. The minimum absolute atomic E-state index is 0.0258. The van der Waals surface area contributed by atoms with Gasteiger partial charge in [-0.1, -0.05) is 26.0 Å². The normalized spacial score (nSPS) is 11.5.